The van der Waals surface area contributed by atoms with Crippen molar-refractivity contribution in [1.29, 1.82) is 0 Å². The number of rotatable bonds is 6. The quantitative estimate of drug-likeness (QED) is 0.413. The summed E-state index contributed by atoms with van der Waals surface area (Å²) in [5.41, 5.74) is 4.45. The van der Waals surface area contributed by atoms with Crippen molar-refractivity contribution in [2.45, 2.75) is 0 Å². The van der Waals surface area contributed by atoms with Gasteiger partial charge in [-0.15, -0.1) is 0 Å². The molecule has 10 nitrogen and oxygen atoms in total. The van der Waals surface area contributed by atoms with Crippen LogP contribution in [0.1, 0.15) is 10.6 Å². The monoisotopic (exact) mass is 408 g/mol. The number of hydrogen-bond acceptors (Lipinski definition) is 8. The molecule has 12 heteroatoms. The molecule has 3 aromatic rings. The molecule has 0 spiro atoms. The summed E-state index contributed by atoms with van der Waals surface area (Å²) in [6.45, 7) is 0. The average Bonchev–Trinajstić information content (AvgIpc) is 3.17. The zero-order chi connectivity index (χ0) is 19.4. The summed E-state index contributed by atoms with van der Waals surface area (Å²) in [4.78, 5) is 30.4. The molecular weight excluding hydrogens is 399 g/mol. The molecule has 0 aliphatic heterocycles. The summed E-state index contributed by atoms with van der Waals surface area (Å²) in [7, 11) is 0. The fourth-order valence-electron chi connectivity index (χ4n) is 2.04. The number of nitrogens with one attached hydrogen (secondary N) is 3. The Morgan fingerprint density at radius 3 is 2.67 bits per heavy atom. The molecule has 1 aromatic carbocycles. The zero-order valence-electron chi connectivity index (χ0n) is 13.3. The lowest BCUT2D eigenvalue weighted by Crippen LogP contribution is -2.30. The van der Waals surface area contributed by atoms with Crippen molar-refractivity contribution in [3.8, 4) is 0 Å². The second-order valence-corrected chi connectivity index (χ2v) is 5.83. The van der Waals surface area contributed by atoms with Gasteiger partial charge in [-0.05, 0) is 30.3 Å². The second-order valence-electron chi connectivity index (χ2n) is 4.98. The highest BCUT2D eigenvalue weighted by Crippen LogP contribution is 2.34. The number of hydrogen-bond donors (Lipinski definition) is 3. The van der Waals surface area contributed by atoms with Crippen LogP contribution in [-0.2, 0) is 0 Å². The van der Waals surface area contributed by atoms with Crippen LogP contribution >= 0.6 is 23.2 Å². The highest BCUT2D eigenvalue weighted by atomic mass is 35.5. The first kappa shape index (κ1) is 18.4. The van der Waals surface area contributed by atoms with Gasteiger partial charge in [0.1, 0.15) is 6.33 Å². The van der Waals surface area contributed by atoms with E-state index in [1.165, 1.54) is 30.5 Å². The fourth-order valence-corrected chi connectivity index (χ4v) is 2.38. The number of amides is 1. The highest BCUT2D eigenvalue weighted by molar-refractivity contribution is 6.35. The Morgan fingerprint density at radius 2 is 1.96 bits per heavy atom. The van der Waals surface area contributed by atoms with E-state index in [2.05, 4.69) is 26.1 Å². The van der Waals surface area contributed by atoms with E-state index in [1.54, 1.807) is 6.07 Å². The Kier molecular flexibility index (Phi) is 5.38. The number of hydrazine groups is 1. The van der Waals surface area contributed by atoms with E-state index < -0.39 is 16.5 Å². The first-order valence-corrected chi connectivity index (χ1v) is 8.02. The van der Waals surface area contributed by atoms with Gasteiger partial charge in [-0.25, -0.2) is 9.97 Å². The summed E-state index contributed by atoms with van der Waals surface area (Å²) in [5.74, 6) is -1.01. The molecule has 0 saturated heterocycles. The molecule has 0 radical (unpaired) electrons. The van der Waals surface area contributed by atoms with Crippen molar-refractivity contribution in [3.05, 3.63) is 68.8 Å². The maximum atomic E-state index is 11.9. The van der Waals surface area contributed by atoms with E-state index >= 15 is 0 Å². The topological polar surface area (TPSA) is 135 Å². The Balaban J connectivity index is 1.87. The largest absolute Gasteiger partial charge is 0.459 e. The SMILES string of the molecule is O=C(NNc1ncnc(Nc2cc(Cl)ccc2Cl)c1[N+](=O)[O-])c1ccco1. The van der Waals surface area contributed by atoms with Crippen LogP contribution in [0.15, 0.2) is 47.3 Å². The van der Waals surface area contributed by atoms with Crippen molar-refractivity contribution in [2.24, 2.45) is 0 Å². The molecule has 138 valence electrons. The van der Waals surface area contributed by atoms with Crippen LogP contribution < -0.4 is 16.2 Å². The summed E-state index contributed by atoms with van der Waals surface area (Å²) in [5, 5.41) is 14.9. The molecule has 0 aliphatic carbocycles. The number of anilines is 3. The number of carbonyl (C=O) groups is 1. The fraction of sp³-hybridized carbons (Fsp3) is 0. The lowest BCUT2D eigenvalue weighted by molar-refractivity contribution is -0.383. The summed E-state index contributed by atoms with van der Waals surface area (Å²) in [6, 6.07) is 7.54. The van der Waals surface area contributed by atoms with Crippen LogP contribution in [0.25, 0.3) is 0 Å². The summed E-state index contributed by atoms with van der Waals surface area (Å²) in [6.07, 6.45) is 2.40. The minimum Gasteiger partial charge on any atom is -0.459 e. The third-order valence-electron chi connectivity index (χ3n) is 3.23. The number of aromatic nitrogens is 2. The number of halogens is 2. The Bertz CT molecular complexity index is 996. The lowest BCUT2D eigenvalue weighted by Gasteiger charge is -2.11. The maximum Gasteiger partial charge on any atom is 0.355 e. The first-order valence-electron chi connectivity index (χ1n) is 7.27. The van der Waals surface area contributed by atoms with Gasteiger partial charge in [-0.3, -0.25) is 25.8 Å². The number of furan rings is 1. The predicted molar refractivity (Wildman–Crippen MR) is 98.2 cm³/mol. The van der Waals surface area contributed by atoms with Crippen LogP contribution in [0, 0.1) is 10.1 Å². The lowest BCUT2D eigenvalue weighted by atomic mass is 10.3. The minimum absolute atomic E-state index is 0.0169. The predicted octanol–water partition coefficient (Wildman–Crippen LogP) is 3.79. The normalized spacial score (nSPS) is 10.3. The number of nitro groups is 1. The molecule has 2 heterocycles. The van der Waals surface area contributed by atoms with Crippen LogP contribution in [0.2, 0.25) is 10.0 Å². The van der Waals surface area contributed by atoms with Crippen LogP contribution in [0.4, 0.5) is 23.0 Å². The van der Waals surface area contributed by atoms with Gasteiger partial charge in [0, 0.05) is 5.02 Å². The van der Waals surface area contributed by atoms with E-state index in [0.29, 0.717) is 10.7 Å². The van der Waals surface area contributed by atoms with E-state index in [1.807, 2.05) is 0 Å². The van der Waals surface area contributed by atoms with Crippen molar-refractivity contribution in [2.75, 3.05) is 10.7 Å². The van der Waals surface area contributed by atoms with Crippen molar-refractivity contribution < 1.29 is 14.1 Å². The van der Waals surface area contributed by atoms with Crippen molar-refractivity contribution in [1.82, 2.24) is 15.4 Å². The van der Waals surface area contributed by atoms with Crippen LogP contribution in [0.5, 0.6) is 0 Å². The maximum absolute atomic E-state index is 11.9. The number of benzene rings is 1. The van der Waals surface area contributed by atoms with Gasteiger partial charge in [-0.2, -0.15) is 0 Å². The van der Waals surface area contributed by atoms with Gasteiger partial charge < -0.3 is 9.73 Å². The molecule has 0 fully saturated rings. The Labute approximate surface area is 161 Å². The molecule has 3 rings (SSSR count). The highest BCUT2D eigenvalue weighted by Gasteiger charge is 2.24. The zero-order valence-corrected chi connectivity index (χ0v) is 14.8. The molecule has 1 amide bonds. The average molecular weight is 409 g/mol. The molecule has 2 aromatic heterocycles. The van der Waals surface area contributed by atoms with Gasteiger partial charge in [-0.1, -0.05) is 23.2 Å². The molecular formula is C15H10Cl2N6O4. The van der Waals surface area contributed by atoms with E-state index in [9.17, 15) is 14.9 Å². The van der Waals surface area contributed by atoms with Gasteiger partial charge in [0.25, 0.3) is 0 Å². The second kappa shape index (κ2) is 7.89. The van der Waals surface area contributed by atoms with Gasteiger partial charge in [0.15, 0.2) is 5.76 Å². The third kappa shape index (κ3) is 4.25. The Morgan fingerprint density at radius 1 is 1.19 bits per heavy atom. The van der Waals surface area contributed by atoms with E-state index in [-0.39, 0.29) is 22.4 Å². The standard InChI is InChI=1S/C15H10Cl2N6O4/c16-8-3-4-9(17)10(6-8)20-13-12(23(25)26)14(19-7-18-13)21-22-15(24)11-2-1-5-27-11/h1-7H,(H,22,24)(H2,18,19,20,21). The minimum atomic E-state index is -0.706. The van der Waals surface area contributed by atoms with Crippen molar-refractivity contribution in [3.63, 3.8) is 0 Å². The van der Waals surface area contributed by atoms with Gasteiger partial charge >= 0.3 is 11.6 Å². The van der Waals surface area contributed by atoms with E-state index in [4.69, 9.17) is 27.6 Å². The molecule has 27 heavy (non-hydrogen) atoms. The third-order valence-corrected chi connectivity index (χ3v) is 3.79. The first-order chi connectivity index (χ1) is 13.0. The van der Waals surface area contributed by atoms with E-state index in [0.717, 1.165) is 6.33 Å². The molecule has 0 aliphatic rings. The van der Waals surface area contributed by atoms with Crippen LogP contribution in [0.3, 0.4) is 0 Å². The molecule has 0 saturated carbocycles. The molecule has 0 atom stereocenters. The summed E-state index contributed by atoms with van der Waals surface area (Å²) < 4.78 is 4.93. The smallest absolute Gasteiger partial charge is 0.355 e. The number of nitrogens with zero attached hydrogens (tertiary/aromatic N) is 3. The number of carbonyl (C=O) groups excluding carboxylic acids is 1. The molecule has 3 N–H and O–H groups in total. The van der Waals surface area contributed by atoms with Crippen molar-refractivity contribution >= 4 is 52.1 Å². The van der Waals surface area contributed by atoms with Gasteiger partial charge in [0.05, 0.1) is 21.9 Å². The summed E-state index contributed by atoms with van der Waals surface area (Å²) >= 11 is 12.0. The Hall–Kier alpha value is -3.37. The van der Waals surface area contributed by atoms with Crippen LogP contribution in [-0.4, -0.2) is 20.8 Å². The van der Waals surface area contributed by atoms with Gasteiger partial charge in [0.2, 0.25) is 11.6 Å². The molecule has 0 bridgehead atoms. The molecule has 0 unspecified atom stereocenters.